The molecule has 112 valence electrons. The monoisotopic (exact) mass is 269 g/mol. The van der Waals surface area contributed by atoms with Crippen molar-refractivity contribution in [3.8, 4) is 0 Å². The van der Waals surface area contributed by atoms with E-state index >= 15 is 0 Å². The Labute approximate surface area is 118 Å². The highest BCUT2D eigenvalue weighted by Gasteiger charge is 2.36. The number of ketones is 1. The van der Waals surface area contributed by atoms with E-state index in [4.69, 9.17) is 4.74 Å². The molecule has 0 amide bonds. The van der Waals surface area contributed by atoms with E-state index in [0.29, 0.717) is 13.2 Å². The lowest BCUT2D eigenvalue weighted by Crippen LogP contribution is -2.37. The first-order valence-corrected chi connectivity index (χ1v) is 7.04. The van der Waals surface area contributed by atoms with Crippen LogP contribution in [0.25, 0.3) is 0 Å². The van der Waals surface area contributed by atoms with Crippen LogP contribution < -0.4 is 0 Å². The van der Waals surface area contributed by atoms with Crippen LogP contribution in [0, 0.1) is 10.8 Å². The highest BCUT2D eigenvalue weighted by molar-refractivity contribution is 5.88. The van der Waals surface area contributed by atoms with Crippen molar-refractivity contribution in [1.29, 1.82) is 0 Å². The summed E-state index contributed by atoms with van der Waals surface area (Å²) in [5.74, 6) is 0.286. The van der Waals surface area contributed by atoms with E-state index in [2.05, 4.69) is 25.6 Å². The molecule has 0 aromatic rings. The molecule has 0 unspecified atom stereocenters. The molecule has 0 radical (unpaired) electrons. The van der Waals surface area contributed by atoms with Gasteiger partial charge in [-0.05, 0) is 33.4 Å². The number of hydrogen-bond donors (Lipinski definition) is 0. The van der Waals surface area contributed by atoms with Crippen molar-refractivity contribution in [1.82, 2.24) is 0 Å². The van der Waals surface area contributed by atoms with Crippen LogP contribution in [0.4, 0.5) is 0 Å². The molecule has 0 aromatic carbocycles. The second-order valence-electron chi connectivity index (χ2n) is 7.52. The Morgan fingerprint density at radius 2 is 1.58 bits per heavy atom. The fourth-order valence-electron chi connectivity index (χ4n) is 2.13. The maximum absolute atomic E-state index is 12.3. The Morgan fingerprint density at radius 3 is 2.00 bits per heavy atom. The maximum Gasteiger partial charge on any atom is 0.143 e. The predicted octanol–water partition coefficient (Wildman–Crippen LogP) is 3.90. The molecule has 0 bridgehead atoms. The molecule has 0 spiro atoms. The van der Waals surface area contributed by atoms with Crippen molar-refractivity contribution in [3.05, 3.63) is 0 Å². The normalized spacial score (nSPS) is 13.4. The van der Waals surface area contributed by atoms with E-state index in [-0.39, 0.29) is 22.2 Å². The number of nitrogens with zero attached hydrogens (tertiary/aromatic N) is 1. The zero-order valence-electron chi connectivity index (χ0n) is 13.8. The smallest absolute Gasteiger partial charge is 0.143 e. The van der Waals surface area contributed by atoms with Gasteiger partial charge in [0.25, 0.3) is 0 Å². The molecule has 0 atom stereocenters. The Hall–Kier alpha value is -0.700. The summed E-state index contributed by atoms with van der Waals surface area (Å²) in [6.07, 6.45) is 1.60. The number of rotatable bonds is 8. The van der Waals surface area contributed by atoms with Crippen LogP contribution >= 0.6 is 0 Å². The van der Waals surface area contributed by atoms with Gasteiger partial charge in [-0.1, -0.05) is 34.6 Å². The molecule has 0 rings (SSSR count). The third-order valence-corrected chi connectivity index (χ3v) is 3.39. The number of hydrogen-bond acceptors (Lipinski definition) is 3. The minimum atomic E-state index is -0.342. The van der Waals surface area contributed by atoms with Crippen LogP contribution in [0.3, 0.4) is 0 Å². The van der Waals surface area contributed by atoms with Gasteiger partial charge in [0.1, 0.15) is 5.78 Å². The summed E-state index contributed by atoms with van der Waals surface area (Å²) < 4.78 is 5.89. The summed E-state index contributed by atoms with van der Waals surface area (Å²) >= 11 is 0. The van der Waals surface area contributed by atoms with Crippen molar-refractivity contribution in [3.63, 3.8) is 0 Å². The Kier molecular flexibility index (Phi) is 6.40. The van der Waals surface area contributed by atoms with Gasteiger partial charge in [-0.25, -0.2) is 0 Å². The zero-order chi connectivity index (χ0) is 15.3. The topological polar surface area (TPSA) is 38.7 Å². The van der Waals surface area contributed by atoms with Gasteiger partial charge in [0.05, 0.1) is 5.60 Å². The van der Waals surface area contributed by atoms with Crippen LogP contribution in [-0.4, -0.2) is 31.3 Å². The summed E-state index contributed by atoms with van der Waals surface area (Å²) in [7, 11) is 0. The number of aliphatic imine (C=N–C) groups is 1. The fourth-order valence-corrected chi connectivity index (χ4v) is 2.13. The number of carbonyl (C=O) groups excluding carboxylic acids is 1. The molecular formula is C16H31NO2. The average molecular weight is 269 g/mol. The minimum Gasteiger partial charge on any atom is -0.375 e. The second kappa shape index (κ2) is 6.65. The van der Waals surface area contributed by atoms with Gasteiger partial charge in [-0.3, -0.25) is 4.79 Å². The van der Waals surface area contributed by atoms with E-state index < -0.39 is 0 Å². The summed E-state index contributed by atoms with van der Waals surface area (Å²) in [5.41, 5.74) is -0.848. The van der Waals surface area contributed by atoms with Crippen LogP contribution in [0.5, 0.6) is 0 Å². The number of ether oxygens (including phenoxy) is 1. The summed E-state index contributed by atoms with van der Waals surface area (Å²) in [6.45, 7) is 18.8. The number of Topliss-reactive ketones (excluding diaryl/α,β-unsaturated/α-hetero) is 1. The average Bonchev–Trinajstić information content (AvgIpc) is 2.23. The van der Waals surface area contributed by atoms with Crippen molar-refractivity contribution in [2.24, 2.45) is 15.8 Å². The lowest BCUT2D eigenvalue weighted by Gasteiger charge is -2.32. The quantitative estimate of drug-likeness (QED) is 0.627. The summed E-state index contributed by atoms with van der Waals surface area (Å²) in [4.78, 5) is 16.2. The SMILES string of the molecule is C=NCCC(C)(C)OCCC(C)(C)C(=O)C(C)(C)C. The molecule has 0 heterocycles. The third kappa shape index (κ3) is 6.86. The molecule has 0 aliphatic carbocycles. The first kappa shape index (κ1) is 18.3. The molecule has 3 heteroatoms. The molecule has 0 aliphatic rings. The summed E-state index contributed by atoms with van der Waals surface area (Å²) in [6, 6.07) is 0. The Bertz CT molecular complexity index is 311. The molecule has 0 aliphatic heterocycles. The van der Waals surface area contributed by atoms with E-state index in [9.17, 15) is 4.79 Å². The molecule has 0 fully saturated rings. The standard InChI is InChI=1S/C16H31NO2/c1-14(2,3)13(18)15(4,5)10-12-19-16(6,7)9-11-17-8/h8-12H2,1-7H3. The Morgan fingerprint density at radius 1 is 1.05 bits per heavy atom. The van der Waals surface area contributed by atoms with Crippen LogP contribution in [-0.2, 0) is 9.53 Å². The second-order valence-corrected chi connectivity index (χ2v) is 7.52. The lowest BCUT2D eigenvalue weighted by atomic mass is 9.73. The first-order valence-electron chi connectivity index (χ1n) is 7.04. The van der Waals surface area contributed by atoms with Gasteiger partial charge in [-0.2, -0.15) is 0 Å². The van der Waals surface area contributed by atoms with E-state index in [0.717, 1.165) is 12.8 Å². The van der Waals surface area contributed by atoms with Crippen molar-refractivity contribution >= 4 is 12.5 Å². The molecule has 0 aromatic heterocycles. The highest BCUT2D eigenvalue weighted by Crippen LogP contribution is 2.32. The van der Waals surface area contributed by atoms with Gasteiger partial charge < -0.3 is 9.73 Å². The molecular weight excluding hydrogens is 238 g/mol. The van der Waals surface area contributed by atoms with Gasteiger partial charge >= 0.3 is 0 Å². The largest absolute Gasteiger partial charge is 0.375 e. The molecule has 19 heavy (non-hydrogen) atoms. The molecule has 0 N–H and O–H groups in total. The highest BCUT2D eigenvalue weighted by atomic mass is 16.5. The van der Waals surface area contributed by atoms with Crippen molar-refractivity contribution in [2.45, 2.75) is 66.9 Å². The van der Waals surface area contributed by atoms with Crippen LogP contribution in [0.15, 0.2) is 4.99 Å². The van der Waals surface area contributed by atoms with Gasteiger partial charge in [0.15, 0.2) is 0 Å². The van der Waals surface area contributed by atoms with E-state index in [1.807, 2.05) is 34.6 Å². The zero-order valence-corrected chi connectivity index (χ0v) is 13.8. The van der Waals surface area contributed by atoms with Crippen molar-refractivity contribution < 1.29 is 9.53 Å². The van der Waals surface area contributed by atoms with E-state index in [1.165, 1.54) is 0 Å². The Balaban J connectivity index is 4.33. The first-order chi connectivity index (χ1) is 8.42. The molecule has 0 saturated heterocycles. The van der Waals surface area contributed by atoms with Gasteiger partial charge in [0, 0.05) is 24.0 Å². The lowest BCUT2D eigenvalue weighted by molar-refractivity contribution is -0.137. The minimum absolute atomic E-state index is 0.206. The van der Waals surface area contributed by atoms with Crippen LogP contribution in [0.2, 0.25) is 0 Å². The fraction of sp³-hybridized carbons (Fsp3) is 0.875. The maximum atomic E-state index is 12.3. The van der Waals surface area contributed by atoms with Crippen molar-refractivity contribution in [2.75, 3.05) is 13.2 Å². The molecule has 0 saturated carbocycles. The molecule has 3 nitrogen and oxygen atoms in total. The number of carbonyl (C=O) groups is 1. The summed E-state index contributed by atoms with van der Waals surface area (Å²) in [5, 5.41) is 0. The van der Waals surface area contributed by atoms with Gasteiger partial charge in [0.2, 0.25) is 0 Å². The predicted molar refractivity (Wildman–Crippen MR) is 81.9 cm³/mol. The van der Waals surface area contributed by atoms with Crippen LogP contribution in [0.1, 0.15) is 61.3 Å². The third-order valence-electron chi connectivity index (χ3n) is 3.39. The van der Waals surface area contributed by atoms with Gasteiger partial charge in [-0.15, -0.1) is 0 Å². The van der Waals surface area contributed by atoms with E-state index in [1.54, 1.807) is 0 Å².